The van der Waals surface area contributed by atoms with Gasteiger partial charge < -0.3 is 10.5 Å². The summed E-state index contributed by atoms with van der Waals surface area (Å²) in [6.45, 7) is 7.28. The van der Waals surface area contributed by atoms with Crippen molar-refractivity contribution >= 4 is 5.69 Å². The number of nitrogens with two attached hydrogens (primary N) is 1. The standard InChI is InChI=1S/C15H24N2O/c1-12(2)17(15-4-3-9-18-11-15)10-13-5-7-14(16)8-6-13/h5-8,12,15H,3-4,9-11,16H2,1-2H3. The van der Waals surface area contributed by atoms with Gasteiger partial charge >= 0.3 is 0 Å². The second-order valence-electron chi connectivity index (χ2n) is 5.38. The van der Waals surface area contributed by atoms with Gasteiger partial charge in [-0.05, 0) is 44.4 Å². The largest absolute Gasteiger partial charge is 0.399 e. The van der Waals surface area contributed by atoms with Gasteiger partial charge in [0.2, 0.25) is 0 Å². The fourth-order valence-electron chi connectivity index (χ4n) is 2.55. The summed E-state index contributed by atoms with van der Waals surface area (Å²) < 4.78 is 5.61. The molecule has 3 heteroatoms. The fraction of sp³-hybridized carbons (Fsp3) is 0.600. The van der Waals surface area contributed by atoms with Crippen LogP contribution in [0.2, 0.25) is 0 Å². The van der Waals surface area contributed by atoms with Gasteiger partial charge in [-0.3, -0.25) is 4.90 Å². The molecule has 0 aliphatic carbocycles. The molecule has 1 aromatic carbocycles. The van der Waals surface area contributed by atoms with E-state index in [2.05, 4.69) is 30.9 Å². The molecule has 0 spiro atoms. The highest BCUT2D eigenvalue weighted by Crippen LogP contribution is 2.19. The lowest BCUT2D eigenvalue weighted by Gasteiger charge is -2.37. The van der Waals surface area contributed by atoms with E-state index in [1.807, 2.05) is 12.1 Å². The van der Waals surface area contributed by atoms with Gasteiger partial charge in [0.15, 0.2) is 0 Å². The van der Waals surface area contributed by atoms with Gasteiger partial charge in [0, 0.05) is 30.9 Å². The molecule has 1 unspecified atom stereocenters. The number of nitrogens with zero attached hydrogens (tertiary/aromatic N) is 1. The predicted octanol–water partition coefficient (Wildman–Crippen LogP) is 2.66. The Morgan fingerprint density at radius 1 is 1.33 bits per heavy atom. The molecule has 100 valence electrons. The molecule has 1 aliphatic rings. The molecule has 1 aromatic rings. The van der Waals surface area contributed by atoms with Crippen molar-refractivity contribution in [3.8, 4) is 0 Å². The lowest BCUT2D eigenvalue weighted by atomic mass is 10.0. The number of ether oxygens (including phenoxy) is 1. The maximum Gasteiger partial charge on any atom is 0.0622 e. The van der Waals surface area contributed by atoms with Crippen LogP contribution in [0.4, 0.5) is 5.69 Å². The molecule has 0 amide bonds. The van der Waals surface area contributed by atoms with Crippen molar-refractivity contribution in [3.05, 3.63) is 29.8 Å². The first-order chi connectivity index (χ1) is 8.66. The zero-order chi connectivity index (χ0) is 13.0. The average Bonchev–Trinajstić information content (AvgIpc) is 2.38. The molecule has 0 bridgehead atoms. The Kier molecular flexibility index (Phi) is 4.61. The van der Waals surface area contributed by atoms with Crippen molar-refractivity contribution in [2.75, 3.05) is 18.9 Å². The first-order valence-corrected chi connectivity index (χ1v) is 6.84. The normalized spacial score (nSPS) is 20.6. The maximum absolute atomic E-state index is 5.73. The SMILES string of the molecule is CC(C)N(Cc1ccc(N)cc1)C1CCCOC1. The van der Waals surface area contributed by atoms with Crippen molar-refractivity contribution in [1.82, 2.24) is 4.90 Å². The molecule has 1 heterocycles. The maximum atomic E-state index is 5.73. The molecule has 2 rings (SSSR count). The minimum atomic E-state index is 0.536. The zero-order valence-electron chi connectivity index (χ0n) is 11.4. The number of nitrogen functional groups attached to an aromatic ring is 1. The second kappa shape index (κ2) is 6.21. The zero-order valence-corrected chi connectivity index (χ0v) is 11.4. The Balaban J connectivity index is 2.03. The smallest absolute Gasteiger partial charge is 0.0622 e. The first kappa shape index (κ1) is 13.4. The summed E-state index contributed by atoms with van der Waals surface area (Å²) in [7, 11) is 0. The summed E-state index contributed by atoms with van der Waals surface area (Å²) in [5, 5.41) is 0. The van der Waals surface area contributed by atoms with Crippen LogP contribution in [0.1, 0.15) is 32.3 Å². The number of hydrogen-bond acceptors (Lipinski definition) is 3. The number of hydrogen-bond donors (Lipinski definition) is 1. The second-order valence-corrected chi connectivity index (χ2v) is 5.38. The summed E-state index contributed by atoms with van der Waals surface area (Å²) in [6.07, 6.45) is 2.42. The van der Waals surface area contributed by atoms with Crippen molar-refractivity contribution in [1.29, 1.82) is 0 Å². The van der Waals surface area contributed by atoms with Crippen LogP contribution in [0.5, 0.6) is 0 Å². The Bertz CT molecular complexity index is 355. The van der Waals surface area contributed by atoms with Crippen LogP contribution in [0.15, 0.2) is 24.3 Å². The summed E-state index contributed by atoms with van der Waals surface area (Å²) in [5.41, 5.74) is 7.88. The molecular formula is C15H24N2O. The molecule has 0 saturated carbocycles. The van der Waals surface area contributed by atoms with Crippen molar-refractivity contribution in [3.63, 3.8) is 0 Å². The summed E-state index contributed by atoms with van der Waals surface area (Å²) in [5.74, 6) is 0. The number of benzene rings is 1. The van der Waals surface area contributed by atoms with Crippen molar-refractivity contribution < 1.29 is 4.74 Å². The Morgan fingerprint density at radius 2 is 2.06 bits per heavy atom. The minimum absolute atomic E-state index is 0.536. The van der Waals surface area contributed by atoms with E-state index in [0.717, 1.165) is 25.4 Å². The van der Waals surface area contributed by atoms with Gasteiger partial charge in [0.1, 0.15) is 0 Å². The van der Waals surface area contributed by atoms with Crippen LogP contribution in [-0.4, -0.2) is 30.2 Å². The van der Waals surface area contributed by atoms with E-state index >= 15 is 0 Å². The molecule has 0 aromatic heterocycles. The Hall–Kier alpha value is -1.06. The molecule has 0 radical (unpaired) electrons. The summed E-state index contributed by atoms with van der Waals surface area (Å²) in [4.78, 5) is 2.53. The van der Waals surface area contributed by atoms with E-state index in [-0.39, 0.29) is 0 Å². The molecule has 18 heavy (non-hydrogen) atoms. The molecule has 1 saturated heterocycles. The van der Waals surface area contributed by atoms with Crippen LogP contribution in [0.3, 0.4) is 0 Å². The third-order valence-electron chi connectivity index (χ3n) is 3.61. The van der Waals surface area contributed by atoms with Crippen LogP contribution < -0.4 is 5.73 Å². The predicted molar refractivity (Wildman–Crippen MR) is 75.4 cm³/mol. The van der Waals surface area contributed by atoms with E-state index in [1.54, 1.807) is 0 Å². The molecule has 3 nitrogen and oxygen atoms in total. The third kappa shape index (κ3) is 3.47. The van der Waals surface area contributed by atoms with E-state index < -0.39 is 0 Å². The molecule has 1 fully saturated rings. The van der Waals surface area contributed by atoms with E-state index in [4.69, 9.17) is 10.5 Å². The lowest BCUT2D eigenvalue weighted by molar-refractivity contribution is 0.00192. The Labute approximate surface area is 110 Å². The first-order valence-electron chi connectivity index (χ1n) is 6.84. The van der Waals surface area contributed by atoms with Gasteiger partial charge in [-0.1, -0.05) is 12.1 Å². The van der Waals surface area contributed by atoms with E-state index in [0.29, 0.717) is 12.1 Å². The van der Waals surface area contributed by atoms with Gasteiger partial charge in [-0.2, -0.15) is 0 Å². The van der Waals surface area contributed by atoms with Crippen LogP contribution in [0, 0.1) is 0 Å². The highest BCUT2D eigenvalue weighted by Gasteiger charge is 2.23. The minimum Gasteiger partial charge on any atom is -0.399 e. The van der Waals surface area contributed by atoms with E-state index in [9.17, 15) is 0 Å². The van der Waals surface area contributed by atoms with Gasteiger partial charge in [0.05, 0.1) is 6.61 Å². The van der Waals surface area contributed by atoms with Gasteiger partial charge in [-0.15, -0.1) is 0 Å². The van der Waals surface area contributed by atoms with Crippen molar-refractivity contribution in [2.24, 2.45) is 0 Å². The third-order valence-corrected chi connectivity index (χ3v) is 3.61. The highest BCUT2D eigenvalue weighted by molar-refractivity contribution is 5.39. The van der Waals surface area contributed by atoms with Gasteiger partial charge in [-0.25, -0.2) is 0 Å². The number of anilines is 1. The molecule has 1 aliphatic heterocycles. The number of rotatable bonds is 4. The van der Waals surface area contributed by atoms with Crippen LogP contribution in [-0.2, 0) is 11.3 Å². The van der Waals surface area contributed by atoms with Crippen molar-refractivity contribution in [2.45, 2.75) is 45.3 Å². The fourth-order valence-corrected chi connectivity index (χ4v) is 2.55. The summed E-state index contributed by atoms with van der Waals surface area (Å²) in [6, 6.07) is 9.28. The molecule has 1 atom stereocenters. The highest BCUT2D eigenvalue weighted by atomic mass is 16.5. The Morgan fingerprint density at radius 3 is 2.61 bits per heavy atom. The van der Waals surface area contributed by atoms with Crippen LogP contribution >= 0.6 is 0 Å². The average molecular weight is 248 g/mol. The molecule has 2 N–H and O–H groups in total. The monoisotopic (exact) mass is 248 g/mol. The summed E-state index contributed by atoms with van der Waals surface area (Å²) >= 11 is 0. The van der Waals surface area contributed by atoms with Gasteiger partial charge in [0.25, 0.3) is 0 Å². The lowest BCUT2D eigenvalue weighted by Crippen LogP contribution is -2.44. The quantitative estimate of drug-likeness (QED) is 0.833. The molecular weight excluding hydrogens is 224 g/mol. The van der Waals surface area contributed by atoms with Crippen LogP contribution in [0.25, 0.3) is 0 Å². The van der Waals surface area contributed by atoms with E-state index in [1.165, 1.54) is 18.4 Å². The topological polar surface area (TPSA) is 38.5 Å².